The number of benzene rings is 1. The van der Waals surface area contributed by atoms with Gasteiger partial charge in [0.25, 0.3) is 0 Å². The molecular weight excluding hydrogens is 228 g/mol. The lowest BCUT2D eigenvalue weighted by molar-refractivity contribution is 0.381. The van der Waals surface area contributed by atoms with Crippen molar-refractivity contribution in [3.63, 3.8) is 0 Å². The number of hydrogen-bond acceptors (Lipinski definition) is 5. The minimum Gasteiger partial charge on any atom is -0.494 e. The number of rotatable bonds is 3. The molecule has 1 heterocycles. The van der Waals surface area contributed by atoms with Crippen molar-refractivity contribution in [1.29, 1.82) is 0 Å². The first-order valence-corrected chi connectivity index (χ1v) is 4.78. The fourth-order valence-electron chi connectivity index (χ4n) is 1.53. The molecule has 0 aliphatic carbocycles. The van der Waals surface area contributed by atoms with Gasteiger partial charge in [-0.1, -0.05) is 5.16 Å². The Labute approximate surface area is 96.6 Å². The van der Waals surface area contributed by atoms with Crippen LogP contribution in [-0.4, -0.2) is 29.4 Å². The fourth-order valence-corrected chi connectivity index (χ4v) is 1.53. The highest BCUT2D eigenvalue weighted by Crippen LogP contribution is 2.23. The second kappa shape index (κ2) is 4.56. The van der Waals surface area contributed by atoms with Crippen LogP contribution in [0.15, 0.2) is 28.9 Å². The molecule has 0 aliphatic heterocycles. The van der Waals surface area contributed by atoms with Crippen molar-refractivity contribution >= 4 is 12.6 Å². The van der Waals surface area contributed by atoms with Gasteiger partial charge in [0.15, 0.2) is 17.3 Å². The molecule has 0 bridgehead atoms. The van der Waals surface area contributed by atoms with Crippen molar-refractivity contribution < 1.29 is 23.7 Å². The summed E-state index contributed by atoms with van der Waals surface area (Å²) in [5.41, 5.74) is 0.280. The van der Waals surface area contributed by atoms with E-state index in [1.54, 1.807) is 0 Å². The van der Waals surface area contributed by atoms with Crippen molar-refractivity contribution in [2.75, 3.05) is 7.11 Å². The molecule has 0 spiro atoms. The third-order valence-electron chi connectivity index (χ3n) is 2.28. The zero-order valence-corrected chi connectivity index (χ0v) is 8.92. The Morgan fingerprint density at radius 1 is 1.41 bits per heavy atom. The lowest BCUT2D eigenvalue weighted by Crippen LogP contribution is -2.32. The predicted octanol–water partition coefficient (Wildman–Crippen LogP) is 0.169. The van der Waals surface area contributed by atoms with Crippen LogP contribution in [0.1, 0.15) is 0 Å². The molecule has 17 heavy (non-hydrogen) atoms. The van der Waals surface area contributed by atoms with E-state index in [1.165, 1.54) is 31.5 Å². The van der Waals surface area contributed by atoms with Gasteiger partial charge in [-0.2, -0.15) is 0 Å². The number of nitrogens with zero attached hydrogens (tertiary/aromatic N) is 1. The molecule has 0 fully saturated rings. The van der Waals surface area contributed by atoms with Crippen LogP contribution in [0.25, 0.3) is 11.3 Å². The zero-order valence-electron chi connectivity index (χ0n) is 8.92. The molecule has 2 aromatic rings. The van der Waals surface area contributed by atoms with Crippen molar-refractivity contribution in [1.82, 2.24) is 5.16 Å². The van der Waals surface area contributed by atoms with Crippen LogP contribution >= 0.6 is 0 Å². The third-order valence-corrected chi connectivity index (χ3v) is 2.28. The van der Waals surface area contributed by atoms with E-state index in [0.717, 1.165) is 0 Å². The van der Waals surface area contributed by atoms with Gasteiger partial charge in [0, 0.05) is 17.1 Å². The van der Waals surface area contributed by atoms with E-state index in [0.29, 0.717) is 11.3 Å². The molecule has 0 saturated carbocycles. The quantitative estimate of drug-likeness (QED) is 0.744. The fraction of sp³-hybridized carbons (Fsp3) is 0.100. The van der Waals surface area contributed by atoms with Gasteiger partial charge in [0.05, 0.1) is 13.3 Å². The van der Waals surface area contributed by atoms with E-state index in [1.807, 2.05) is 0 Å². The van der Waals surface area contributed by atoms with Crippen molar-refractivity contribution in [2.24, 2.45) is 0 Å². The van der Waals surface area contributed by atoms with E-state index in [9.17, 15) is 4.39 Å². The Bertz CT molecular complexity index is 515. The van der Waals surface area contributed by atoms with Gasteiger partial charge in [-0.25, -0.2) is 4.39 Å². The topological polar surface area (TPSA) is 75.7 Å². The summed E-state index contributed by atoms with van der Waals surface area (Å²) in [7, 11) is -0.583. The molecule has 0 unspecified atom stereocenters. The largest absolute Gasteiger partial charge is 0.494 e. The summed E-state index contributed by atoms with van der Waals surface area (Å²) in [6.07, 6.45) is 1.41. The van der Waals surface area contributed by atoms with Crippen LogP contribution in [0.2, 0.25) is 0 Å². The van der Waals surface area contributed by atoms with Crippen LogP contribution in [0, 0.1) is 5.82 Å². The molecule has 1 aromatic carbocycles. The van der Waals surface area contributed by atoms with Gasteiger partial charge < -0.3 is 19.3 Å². The Balaban J connectivity index is 2.58. The van der Waals surface area contributed by atoms with E-state index >= 15 is 0 Å². The van der Waals surface area contributed by atoms with Gasteiger partial charge in [-0.3, -0.25) is 0 Å². The second-order valence-electron chi connectivity index (χ2n) is 3.33. The number of aromatic nitrogens is 1. The summed E-state index contributed by atoms with van der Waals surface area (Å²) in [5.74, 6) is -0.582. The molecule has 0 aliphatic rings. The minimum absolute atomic E-state index is 0.0705. The van der Waals surface area contributed by atoms with Gasteiger partial charge in [0.1, 0.15) is 0 Å². The van der Waals surface area contributed by atoms with Gasteiger partial charge in [0.2, 0.25) is 0 Å². The van der Waals surface area contributed by atoms with Crippen LogP contribution in [0.5, 0.6) is 5.75 Å². The molecule has 0 atom stereocenters. The van der Waals surface area contributed by atoms with Crippen LogP contribution in [0.3, 0.4) is 0 Å². The molecule has 2 N–H and O–H groups in total. The predicted molar refractivity (Wildman–Crippen MR) is 58.3 cm³/mol. The summed E-state index contributed by atoms with van der Waals surface area (Å²) >= 11 is 0. The molecule has 5 nitrogen and oxygen atoms in total. The third kappa shape index (κ3) is 2.15. The standard InChI is InChI=1S/C10H9BFNO4/c1-16-10-7(11(14)15)4-6(5-8(10)12)9-2-3-13-17-9/h2-5,14-15H,1H3. The average Bonchev–Trinajstić information content (AvgIpc) is 2.81. The molecule has 0 amide bonds. The van der Waals surface area contributed by atoms with Gasteiger partial charge >= 0.3 is 7.12 Å². The first-order valence-electron chi connectivity index (χ1n) is 4.78. The maximum Gasteiger partial charge on any atom is 0.492 e. The maximum atomic E-state index is 13.7. The number of methoxy groups -OCH3 is 1. The SMILES string of the molecule is COc1c(F)cc(-c2ccno2)cc1B(O)O. The Morgan fingerprint density at radius 2 is 2.18 bits per heavy atom. The van der Waals surface area contributed by atoms with Crippen molar-refractivity contribution in [3.8, 4) is 17.1 Å². The first-order chi connectivity index (χ1) is 8.13. The van der Waals surface area contributed by atoms with Gasteiger partial charge in [-0.15, -0.1) is 0 Å². The van der Waals surface area contributed by atoms with Crippen LogP contribution in [0.4, 0.5) is 4.39 Å². The number of hydrogen-bond donors (Lipinski definition) is 2. The highest BCUT2D eigenvalue weighted by atomic mass is 19.1. The molecule has 88 valence electrons. The van der Waals surface area contributed by atoms with Crippen molar-refractivity contribution in [2.45, 2.75) is 0 Å². The van der Waals surface area contributed by atoms with E-state index in [-0.39, 0.29) is 11.2 Å². The second-order valence-corrected chi connectivity index (χ2v) is 3.33. The first kappa shape index (κ1) is 11.6. The number of halogens is 1. The normalized spacial score (nSPS) is 10.4. The highest BCUT2D eigenvalue weighted by molar-refractivity contribution is 6.59. The summed E-state index contributed by atoms with van der Waals surface area (Å²) in [5, 5.41) is 21.8. The zero-order chi connectivity index (χ0) is 12.4. The Kier molecular flexibility index (Phi) is 3.12. The average molecular weight is 237 g/mol. The molecule has 1 aromatic heterocycles. The monoisotopic (exact) mass is 237 g/mol. The van der Waals surface area contributed by atoms with E-state index in [2.05, 4.69) is 5.16 Å². The molecule has 0 saturated heterocycles. The Hall–Kier alpha value is -1.86. The van der Waals surface area contributed by atoms with E-state index in [4.69, 9.17) is 19.3 Å². The molecular formula is C10H9BFNO4. The summed E-state index contributed by atoms with van der Waals surface area (Å²) in [6.45, 7) is 0. The van der Waals surface area contributed by atoms with Crippen LogP contribution in [-0.2, 0) is 0 Å². The smallest absolute Gasteiger partial charge is 0.492 e. The Morgan fingerprint density at radius 3 is 2.71 bits per heavy atom. The van der Waals surface area contributed by atoms with Crippen molar-refractivity contribution in [3.05, 3.63) is 30.2 Å². The number of ether oxygens (including phenoxy) is 1. The molecule has 0 radical (unpaired) electrons. The lowest BCUT2D eigenvalue weighted by Gasteiger charge is -2.10. The van der Waals surface area contributed by atoms with Crippen LogP contribution < -0.4 is 10.2 Å². The summed E-state index contributed by atoms with van der Waals surface area (Å²) in [4.78, 5) is 0. The maximum absolute atomic E-state index is 13.7. The lowest BCUT2D eigenvalue weighted by atomic mass is 9.78. The molecule has 2 rings (SSSR count). The summed E-state index contributed by atoms with van der Waals surface area (Å²) in [6, 6.07) is 4.08. The van der Waals surface area contributed by atoms with Gasteiger partial charge in [-0.05, 0) is 12.1 Å². The van der Waals surface area contributed by atoms with E-state index < -0.39 is 12.9 Å². The summed E-state index contributed by atoms with van der Waals surface area (Å²) < 4.78 is 23.3. The highest BCUT2D eigenvalue weighted by Gasteiger charge is 2.22. The molecule has 7 heteroatoms. The minimum atomic E-state index is -1.83.